The van der Waals surface area contributed by atoms with E-state index >= 15 is 0 Å². The van der Waals surface area contributed by atoms with Crippen LogP contribution >= 0.6 is 12.4 Å². The molecule has 1 aromatic carbocycles. The Bertz CT molecular complexity index is 319. The first-order chi connectivity index (χ1) is 6.15. The van der Waals surface area contributed by atoms with Gasteiger partial charge in [0.2, 0.25) is 0 Å². The van der Waals surface area contributed by atoms with Gasteiger partial charge in [0.25, 0.3) is 5.69 Å². The van der Waals surface area contributed by atoms with Gasteiger partial charge >= 0.3 is 0 Å². The molecule has 0 aliphatic carbocycles. The van der Waals surface area contributed by atoms with Crippen molar-refractivity contribution in [2.24, 2.45) is 5.73 Å². The van der Waals surface area contributed by atoms with Crippen LogP contribution < -0.4 is 5.73 Å². The normalized spacial score (nSPS) is 11.6. The van der Waals surface area contributed by atoms with Crippen LogP contribution in [0, 0.1) is 10.1 Å². The number of nitro groups is 1. The number of nitrogens with zero attached hydrogens (tertiary/aromatic N) is 1. The number of halogens is 1. The minimum absolute atomic E-state index is 0. The molecule has 0 bridgehead atoms. The summed E-state index contributed by atoms with van der Waals surface area (Å²) in [5.41, 5.74) is 5.64. The maximum absolute atomic E-state index is 10.4. The summed E-state index contributed by atoms with van der Waals surface area (Å²) < 4.78 is 0. The van der Waals surface area contributed by atoms with Crippen molar-refractivity contribution in [1.29, 1.82) is 0 Å². The van der Waals surface area contributed by atoms with Crippen molar-refractivity contribution in [3.8, 4) is 0 Å². The second kappa shape index (κ2) is 5.54. The summed E-state index contributed by atoms with van der Waals surface area (Å²) in [5, 5.41) is 19.6. The molecule has 1 unspecified atom stereocenters. The molecule has 1 rings (SSSR count). The number of non-ortho nitro benzene ring substituents is 1. The number of nitrogens with two attached hydrogens (primary N) is 1. The Hall–Kier alpha value is -1.17. The molecular weight excluding hydrogens is 208 g/mol. The van der Waals surface area contributed by atoms with E-state index in [4.69, 9.17) is 5.73 Å². The fourth-order valence-corrected chi connectivity index (χ4v) is 0.982. The van der Waals surface area contributed by atoms with Crippen LogP contribution in [-0.2, 0) is 0 Å². The van der Waals surface area contributed by atoms with Gasteiger partial charge in [-0.3, -0.25) is 10.1 Å². The Morgan fingerprint density at radius 2 is 2.21 bits per heavy atom. The zero-order chi connectivity index (χ0) is 9.84. The zero-order valence-corrected chi connectivity index (χ0v) is 8.11. The molecule has 3 N–H and O–H groups in total. The molecule has 6 heteroatoms. The van der Waals surface area contributed by atoms with Crippen molar-refractivity contribution in [2.75, 3.05) is 6.54 Å². The van der Waals surface area contributed by atoms with E-state index in [1.54, 1.807) is 6.07 Å². The lowest BCUT2D eigenvalue weighted by Gasteiger charge is -2.06. The molecule has 1 atom stereocenters. The van der Waals surface area contributed by atoms with Gasteiger partial charge in [-0.05, 0) is 5.56 Å². The highest BCUT2D eigenvalue weighted by atomic mass is 35.5. The first kappa shape index (κ1) is 12.8. The van der Waals surface area contributed by atoms with E-state index < -0.39 is 11.0 Å². The topological polar surface area (TPSA) is 89.4 Å². The zero-order valence-electron chi connectivity index (χ0n) is 7.29. The Morgan fingerprint density at radius 1 is 1.57 bits per heavy atom. The third kappa shape index (κ3) is 2.95. The minimum atomic E-state index is -0.833. The lowest BCUT2D eigenvalue weighted by Crippen LogP contribution is -2.11. The maximum Gasteiger partial charge on any atom is 0.269 e. The summed E-state index contributed by atoms with van der Waals surface area (Å²) in [6.07, 6.45) is -0.833. The van der Waals surface area contributed by atoms with Crippen molar-refractivity contribution >= 4 is 18.1 Å². The van der Waals surface area contributed by atoms with Gasteiger partial charge < -0.3 is 10.8 Å². The second-order valence-corrected chi connectivity index (χ2v) is 2.60. The molecule has 0 amide bonds. The van der Waals surface area contributed by atoms with Crippen molar-refractivity contribution in [1.82, 2.24) is 0 Å². The largest absolute Gasteiger partial charge is 0.387 e. The minimum Gasteiger partial charge on any atom is -0.387 e. The van der Waals surface area contributed by atoms with Crippen LogP contribution in [0.4, 0.5) is 5.69 Å². The van der Waals surface area contributed by atoms with Gasteiger partial charge in [-0.1, -0.05) is 12.1 Å². The predicted molar refractivity (Wildman–Crippen MR) is 54.4 cm³/mol. The van der Waals surface area contributed by atoms with Gasteiger partial charge in [-0.25, -0.2) is 0 Å². The van der Waals surface area contributed by atoms with Gasteiger partial charge in [-0.15, -0.1) is 12.4 Å². The van der Waals surface area contributed by atoms with Crippen LogP contribution in [0.15, 0.2) is 24.3 Å². The number of nitro benzene ring substituents is 1. The van der Waals surface area contributed by atoms with Gasteiger partial charge in [0.1, 0.15) is 0 Å². The summed E-state index contributed by atoms with van der Waals surface area (Å²) in [7, 11) is 0. The van der Waals surface area contributed by atoms with Crippen LogP contribution in [0.25, 0.3) is 0 Å². The van der Waals surface area contributed by atoms with E-state index in [0.717, 1.165) is 0 Å². The monoisotopic (exact) mass is 218 g/mol. The molecule has 0 spiro atoms. The third-order valence-corrected chi connectivity index (χ3v) is 1.69. The summed E-state index contributed by atoms with van der Waals surface area (Å²) in [6, 6.07) is 5.81. The molecule has 0 heterocycles. The highest BCUT2D eigenvalue weighted by Crippen LogP contribution is 2.17. The standard InChI is InChI=1S/C8H10N2O3.ClH/c9-5-8(11)6-2-1-3-7(4-6)10(12)13;/h1-4,8,11H,5,9H2;1H. The average Bonchev–Trinajstić information content (AvgIpc) is 2.17. The lowest BCUT2D eigenvalue weighted by atomic mass is 10.1. The van der Waals surface area contributed by atoms with Crippen LogP contribution in [-0.4, -0.2) is 16.6 Å². The smallest absolute Gasteiger partial charge is 0.269 e. The second-order valence-electron chi connectivity index (χ2n) is 2.60. The SMILES string of the molecule is Cl.NCC(O)c1cccc([N+](=O)[O-])c1. The van der Waals surface area contributed by atoms with Crippen LogP contribution in [0.3, 0.4) is 0 Å². The maximum atomic E-state index is 10.4. The number of hydrogen-bond donors (Lipinski definition) is 2. The van der Waals surface area contributed by atoms with E-state index in [0.29, 0.717) is 5.56 Å². The van der Waals surface area contributed by atoms with E-state index in [2.05, 4.69) is 0 Å². The van der Waals surface area contributed by atoms with Gasteiger partial charge in [-0.2, -0.15) is 0 Å². The number of hydrogen-bond acceptors (Lipinski definition) is 4. The third-order valence-electron chi connectivity index (χ3n) is 1.69. The number of benzene rings is 1. The molecule has 78 valence electrons. The first-order valence-electron chi connectivity index (χ1n) is 3.77. The molecule has 14 heavy (non-hydrogen) atoms. The molecule has 1 aromatic rings. The van der Waals surface area contributed by atoms with Gasteiger partial charge in [0, 0.05) is 18.7 Å². The Labute approximate surface area is 87.1 Å². The number of aliphatic hydroxyl groups excluding tert-OH is 1. The fourth-order valence-electron chi connectivity index (χ4n) is 0.982. The molecule has 0 saturated carbocycles. The highest BCUT2D eigenvalue weighted by Gasteiger charge is 2.10. The molecule has 0 aromatic heterocycles. The van der Waals surface area contributed by atoms with Crippen molar-refractivity contribution < 1.29 is 10.0 Å². The quantitative estimate of drug-likeness (QED) is 0.585. The molecule has 0 radical (unpaired) electrons. The van der Waals surface area contributed by atoms with E-state index in [1.165, 1.54) is 18.2 Å². The molecule has 0 aliphatic rings. The van der Waals surface area contributed by atoms with Crippen LogP contribution in [0.5, 0.6) is 0 Å². The highest BCUT2D eigenvalue weighted by molar-refractivity contribution is 5.85. The van der Waals surface area contributed by atoms with E-state index in [9.17, 15) is 15.2 Å². The summed E-state index contributed by atoms with van der Waals surface area (Å²) >= 11 is 0. The van der Waals surface area contributed by atoms with Crippen molar-refractivity contribution in [2.45, 2.75) is 6.10 Å². The van der Waals surface area contributed by atoms with Crippen molar-refractivity contribution in [3.63, 3.8) is 0 Å². The van der Waals surface area contributed by atoms with Crippen LogP contribution in [0.1, 0.15) is 11.7 Å². The van der Waals surface area contributed by atoms with E-state index in [-0.39, 0.29) is 24.6 Å². The lowest BCUT2D eigenvalue weighted by molar-refractivity contribution is -0.385. The summed E-state index contributed by atoms with van der Waals surface area (Å²) in [4.78, 5) is 9.85. The number of rotatable bonds is 3. The first-order valence-corrected chi connectivity index (χ1v) is 3.77. The predicted octanol–water partition coefficient (Wildman–Crippen LogP) is 1.01. The fraction of sp³-hybridized carbons (Fsp3) is 0.250. The molecular formula is C8H11ClN2O3. The van der Waals surface area contributed by atoms with Gasteiger partial charge in [0.15, 0.2) is 0 Å². The molecule has 0 fully saturated rings. The Kier molecular flexibility index (Phi) is 5.07. The summed E-state index contributed by atoms with van der Waals surface area (Å²) in [6.45, 7) is 0.0567. The molecule has 0 aliphatic heterocycles. The molecule has 0 saturated heterocycles. The van der Waals surface area contributed by atoms with Crippen LogP contribution in [0.2, 0.25) is 0 Å². The Morgan fingerprint density at radius 3 is 2.71 bits per heavy atom. The van der Waals surface area contributed by atoms with Gasteiger partial charge in [0.05, 0.1) is 11.0 Å². The van der Waals surface area contributed by atoms with E-state index in [1.807, 2.05) is 0 Å². The Balaban J connectivity index is 0.00000169. The molecule has 5 nitrogen and oxygen atoms in total. The summed E-state index contributed by atoms with van der Waals surface area (Å²) in [5.74, 6) is 0. The average molecular weight is 219 g/mol. The number of aliphatic hydroxyl groups is 1. The van der Waals surface area contributed by atoms with Crippen molar-refractivity contribution in [3.05, 3.63) is 39.9 Å².